The van der Waals surface area contributed by atoms with E-state index < -0.39 is 0 Å². The zero-order valence-corrected chi connectivity index (χ0v) is 12.3. The van der Waals surface area contributed by atoms with Crippen molar-refractivity contribution >= 4 is 33.3 Å². The highest BCUT2D eigenvalue weighted by Gasteiger charge is 2.23. The number of hydrogen-bond acceptors (Lipinski definition) is 6. The molecule has 5 nitrogen and oxygen atoms in total. The summed E-state index contributed by atoms with van der Waals surface area (Å²) in [5.41, 5.74) is -0.164. The van der Waals surface area contributed by atoms with Crippen LogP contribution in [0.2, 0.25) is 0 Å². The predicted molar refractivity (Wildman–Crippen MR) is 81.0 cm³/mol. The molecule has 6 heteroatoms. The molecule has 2 aromatic heterocycles. The van der Waals surface area contributed by atoms with E-state index in [1.165, 1.54) is 0 Å². The summed E-state index contributed by atoms with van der Waals surface area (Å²) in [6.07, 6.45) is 1.60. The van der Waals surface area contributed by atoms with Crippen LogP contribution >= 0.6 is 11.3 Å². The first-order chi connectivity index (χ1) is 9.11. The summed E-state index contributed by atoms with van der Waals surface area (Å²) in [5.74, 6) is 1.44. The molecule has 2 heterocycles. The van der Waals surface area contributed by atoms with Crippen molar-refractivity contribution in [2.24, 2.45) is 0 Å². The number of thiophene rings is 1. The molecule has 19 heavy (non-hydrogen) atoms. The van der Waals surface area contributed by atoms with Gasteiger partial charge in [0.25, 0.3) is 0 Å². The van der Waals surface area contributed by atoms with E-state index in [2.05, 4.69) is 34.4 Å². The summed E-state index contributed by atoms with van der Waals surface area (Å²) in [5, 5.41) is 18.7. The smallest absolute Gasteiger partial charge is 0.225 e. The zero-order valence-electron chi connectivity index (χ0n) is 11.5. The number of nitrogens with zero attached hydrogens (tertiary/aromatic N) is 2. The van der Waals surface area contributed by atoms with Gasteiger partial charge in [-0.3, -0.25) is 0 Å². The van der Waals surface area contributed by atoms with Crippen LogP contribution in [0.4, 0.5) is 11.8 Å². The van der Waals surface area contributed by atoms with Gasteiger partial charge in [-0.15, -0.1) is 11.3 Å². The number of fused-ring (bicyclic) bond motifs is 1. The molecule has 1 unspecified atom stereocenters. The lowest BCUT2D eigenvalue weighted by Crippen LogP contribution is -2.35. The molecule has 0 saturated heterocycles. The van der Waals surface area contributed by atoms with Crippen LogP contribution in [-0.2, 0) is 0 Å². The lowest BCUT2D eigenvalue weighted by molar-refractivity contribution is 0.252. The maximum absolute atomic E-state index is 9.20. The number of hydrogen-bond donors (Lipinski definition) is 3. The van der Waals surface area contributed by atoms with Gasteiger partial charge in [0.2, 0.25) is 5.95 Å². The third-order valence-electron chi connectivity index (χ3n) is 3.41. The molecular weight excluding hydrogens is 260 g/mol. The average Bonchev–Trinajstić information content (AvgIpc) is 2.87. The van der Waals surface area contributed by atoms with Gasteiger partial charge < -0.3 is 15.7 Å². The van der Waals surface area contributed by atoms with Crippen LogP contribution in [0.25, 0.3) is 10.2 Å². The van der Waals surface area contributed by atoms with Crippen molar-refractivity contribution in [3.8, 4) is 0 Å². The number of aromatic nitrogens is 2. The molecule has 0 aromatic carbocycles. The van der Waals surface area contributed by atoms with Crippen LogP contribution in [0.1, 0.15) is 26.7 Å². The lowest BCUT2D eigenvalue weighted by Gasteiger charge is -2.30. The Morgan fingerprint density at radius 2 is 2.21 bits per heavy atom. The number of anilines is 2. The monoisotopic (exact) mass is 280 g/mol. The minimum absolute atomic E-state index is 0.161. The van der Waals surface area contributed by atoms with Gasteiger partial charge in [-0.05, 0) is 31.2 Å². The second-order valence-electron chi connectivity index (χ2n) is 4.80. The molecule has 0 spiro atoms. The fourth-order valence-electron chi connectivity index (χ4n) is 1.92. The maximum atomic E-state index is 9.20. The topological polar surface area (TPSA) is 70.1 Å². The van der Waals surface area contributed by atoms with E-state index in [0.717, 1.165) is 22.5 Å². The highest BCUT2D eigenvalue weighted by Crippen LogP contribution is 2.30. The molecule has 1 atom stereocenters. The Morgan fingerprint density at radius 3 is 2.84 bits per heavy atom. The number of aliphatic hydroxyl groups is 1. The first kappa shape index (κ1) is 14.0. The summed E-state index contributed by atoms with van der Waals surface area (Å²) in [6, 6.07) is 2.02. The van der Waals surface area contributed by atoms with Gasteiger partial charge in [0, 0.05) is 19.2 Å². The molecule has 0 aliphatic rings. The Balaban J connectivity index is 2.40. The van der Waals surface area contributed by atoms with Crippen LogP contribution in [-0.4, -0.2) is 34.3 Å². The Kier molecular flexibility index (Phi) is 4.21. The highest BCUT2D eigenvalue weighted by molar-refractivity contribution is 7.16. The van der Waals surface area contributed by atoms with Crippen molar-refractivity contribution in [2.45, 2.75) is 32.2 Å². The van der Waals surface area contributed by atoms with Crippen LogP contribution in [0.5, 0.6) is 0 Å². The summed E-state index contributed by atoms with van der Waals surface area (Å²) in [4.78, 5) is 9.88. The van der Waals surface area contributed by atoms with Gasteiger partial charge >= 0.3 is 0 Å². The molecular formula is C13H20N4OS. The van der Waals surface area contributed by atoms with E-state index in [1.807, 2.05) is 18.5 Å². The Bertz CT molecular complexity index is 557. The molecule has 2 rings (SSSR count). The average molecular weight is 280 g/mol. The number of aliphatic hydroxyl groups excluding tert-OH is 1. The second kappa shape index (κ2) is 5.71. The molecule has 0 saturated carbocycles. The third kappa shape index (κ3) is 2.96. The van der Waals surface area contributed by atoms with Crippen molar-refractivity contribution in [1.29, 1.82) is 0 Å². The van der Waals surface area contributed by atoms with Gasteiger partial charge in [-0.25, -0.2) is 4.98 Å². The van der Waals surface area contributed by atoms with Gasteiger partial charge in [-0.1, -0.05) is 6.92 Å². The lowest BCUT2D eigenvalue weighted by atomic mass is 9.95. The Hall–Kier alpha value is -1.40. The van der Waals surface area contributed by atoms with Crippen molar-refractivity contribution in [3.63, 3.8) is 0 Å². The van der Waals surface area contributed by atoms with Gasteiger partial charge in [-0.2, -0.15) is 4.98 Å². The van der Waals surface area contributed by atoms with E-state index in [0.29, 0.717) is 12.4 Å². The number of rotatable bonds is 6. The number of nitrogens with one attached hydrogen (secondary N) is 2. The van der Waals surface area contributed by atoms with E-state index in [9.17, 15) is 5.11 Å². The van der Waals surface area contributed by atoms with Crippen molar-refractivity contribution in [3.05, 3.63) is 11.4 Å². The van der Waals surface area contributed by atoms with Crippen molar-refractivity contribution < 1.29 is 5.11 Å². The third-order valence-corrected chi connectivity index (χ3v) is 4.22. The summed E-state index contributed by atoms with van der Waals surface area (Å²) in [6.45, 7) is 4.37. The minimum atomic E-state index is -0.164. The molecule has 104 valence electrons. The molecule has 3 N–H and O–H groups in total. The summed E-state index contributed by atoms with van der Waals surface area (Å²) >= 11 is 1.60. The summed E-state index contributed by atoms with van der Waals surface area (Å²) < 4.78 is 0. The van der Waals surface area contributed by atoms with Crippen LogP contribution in [0, 0.1) is 0 Å². The molecule has 2 aromatic rings. The second-order valence-corrected chi connectivity index (χ2v) is 5.69. The highest BCUT2D eigenvalue weighted by atomic mass is 32.1. The van der Waals surface area contributed by atoms with Crippen LogP contribution < -0.4 is 10.6 Å². The Labute approximate surface area is 117 Å². The van der Waals surface area contributed by atoms with Crippen LogP contribution in [0.3, 0.4) is 0 Å². The quantitative estimate of drug-likeness (QED) is 0.759. The Morgan fingerprint density at radius 1 is 1.42 bits per heavy atom. The minimum Gasteiger partial charge on any atom is -0.396 e. The van der Waals surface area contributed by atoms with Crippen LogP contribution in [0.15, 0.2) is 11.4 Å². The predicted octanol–water partition coefficient (Wildman–Crippen LogP) is 2.70. The van der Waals surface area contributed by atoms with Gasteiger partial charge in [0.1, 0.15) is 10.6 Å². The van der Waals surface area contributed by atoms with Gasteiger partial charge in [0.05, 0.1) is 5.39 Å². The molecule has 0 radical (unpaired) electrons. The molecule has 0 aliphatic carbocycles. The molecule has 0 bridgehead atoms. The molecule has 0 aliphatic heterocycles. The van der Waals surface area contributed by atoms with E-state index in [-0.39, 0.29) is 12.1 Å². The van der Waals surface area contributed by atoms with Gasteiger partial charge in [0.15, 0.2) is 0 Å². The SMILES string of the molecule is CCC(C)(CCO)Nc1nc(NC)nc2sccc12. The van der Waals surface area contributed by atoms with E-state index in [4.69, 9.17) is 0 Å². The van der Waals surface area contributed by atoms with E-state index >= 15 is 0 Å². The largest absolute Gasteiger partial charge is 0.396 e. The first-order valence-electron chi connectivity index (χ1n) is 6.44. The first-order valence-corrected chi connectivity index (χ1v) is 7.32. The zero-order chi connectivity index (χ0) is 13.9. The fourth-order valence-corrected chi connectivity index (χ4v) is 2.69. The standard InChI is InChI=1S/C13H20N4OS/c1-4-13(2,6-7-18)17-10-9-5-8-19-11(9)16-12(14-3)15-10/h5,8,18H,4,6-7H2,1-3H3,(H2,14,15,16,17). The summed E-state index contributed by atoms with van der Waals surface area (Å²) in [7, 11) is 1.81. The van der Waals surface area contributed by atoms with Crippen molar-refractivity contribution in [1.82, 2.24) is 9.97 Å². The van der Waals surface area contributed by atoms with Crippen molar-refractivity contribution in [2.75, 3.05) is 24.3 Å². The van der Waals surface area contributed by atoms with E-state index in [1.54, 1.807) is 11.3 Å². The molecule has 0 fully saturated rings. The fraction of sp³-hybridized carbons (Fsp3) is 0.538. The normalized spacial score (nSPS) is 14.3. The molecule has 0 amide bonds. The maximum Gasteiger partial charge on any atom is 0.225 e.